The smallest absolute Gasteiger partial charge is 0.276 e. The lowest BCUT2D eigenvalue weighted by atomic mass is 10.1. The Bertz CT molecular complexity index is 1100. The highest BCUT2D eigenvalue weighted by atomic mass is 35.5. The molecule has 2 heterocycles. The predicted octanol–water partition coefficient (Wildman–Crippen LogP) is 2.64. The van der Waals surface area contributed by atoms with Crippen LogP contribution in [-0.2, 0) is 9.84 Å². The zero-order valence-corrected chi connectivity index (χ0v) is 14.9. The van der Waals surface area contributed by atoms with E-state index in [-0.39, 0.29) is 10.7 Å². The molecule has 3 rings (SSSR count). The van der Waals surface area contributed by atoms with Gasteiger partial charge in [-0.1, -0.05) is 17.7 Å². The molecule has 0 fully saturated rings. The lowest BCUT2D eigenvalue weighted by Crippen LogP contribution is -2.17. The molecule has 1 aromatic carbocycles. The monoisotopic (exact) mass is 376 g/mol. The van der Waals surface area contributed by atoms with Crippen molar-refractivity contribution in [3.8, 4) is 0 Å². The number of benzene rings is 1. The topological polar surface area (TPSA) is 102 Å². The van der Waals surface area contributed by atoms with Crippen molar-refractivity contribution in [2.24, 2.45) is 0 Å². The van der Waals surface area contributed by atoms with Gasteiger partial charge < -0.3 is 5.32 Å². The Kier molecular flexibility index (Phi) is 4.40. The van der Waals surface area contributed by atoms with Gasteiger partial charge in [0.15, 0.2) is 5.69 Å². The second-order valence-electron chi connectivity index (χ2n) is 5.40. The molecule has 3 aromatic rings. The van der Waals surface area contributed by atoms with Crippen LogP contribution in [-0.4, -0.2) is 35.5 Å². The van der Waals surface area contributed by atoms with E-state index in [1.165, 1.54) is 0 Å². The lowest BCUT2D eigenvalue weighted by molar-refractivity contribution is 0.102. The quantitative estimate of drug-likeness (QED) is 0.705. The number of rotatable bonds is 3. The zero-order valence-electron chi connectivity index (χ0n) is 13.3. The number of carbonyl (C=O) groups is 1. The van der Waals surface area contributed by atoms with E-state index in [2.05, 4.69) is 20.3 Å². The highest BCUT2D eigenvalue weighted by Gasteiger charge is 2.19. The number of fused-ring (bicyclic) bond motifs is 1. The van der Waals surface area contributed by atoms with E-state index in [9.17, 15) is 13.2 Å². The fraction of sp³-hybridized carbons (Fsp3) is 0.125. The van der Waals surface area contributed by atoms with Crippen LogP contribution in [0.5, 0.6) is 0 Å². The number of amides is 1. The summed E-state index contributed by atoms with van der Waals surface area (Å²) in [6, 6.07) is 8.98. The van der Waals surface area contributed by atoms with Gasteiger partial charge in [-0.25, -0.2) is 18.4 Å². The minimum atomic E-state index is -3.66. The number of anilines is 1. The maximum Gasteiger partial charge on any atom is 0.276 e. The number of aryl methyl sites for hydroxylation is 1. The molecule has 1 N–H and O–H groups in total. The summed E-state index contributed by atoms with van der Waals surface area (Å²) in [5, 5.41) is 2.93. The SMILES string of the molecule is Cc1ccc2c(NC(=O)c3nc(S(C)(=O)=O)ncc3Cl)cccc2n1. The average molecular weight is 377 g/mol. The third-order valence-electron chi connectivity index (χ3n) is 3.39. The molecule has 0 bridgehead atoms. The summed E-state index contributed by atoms with van der Waals surface area (Å²) in [5.74, 6) is -0.634. The van der Waals surface area contributed by atoms with Gasteiger partial charge in [-0.15, -0.1) is 0 Å². The van der Waals surface area contributed by atoms with Crippen molar-refractivity contribution >= 4 is 43.9 Å². The summed E-state index contributed by atoms with van der Waals surface area (Å²) in [4.78, 5) is 24.3. The van der Waals surface area contributed by atoms with Crippen LogP contribution >= 0.6 is 11.6 Å². The molecule has 0 aliphatic rings. The number of hydrogen-bond acceptors (Lipinski definition) is 6. The van der Waals surface area contributed by atoms with Crippen LogP contribution in [0, 0.1) is 6.92 Å². The third-order valence-corrected chi connectivity index (χ3v) is 4.52. The number of sulfone groups is 1. The van der Waals surface area contributed by atoms with E-state index in [1.54, 1.807) is 12.1 Å². The molecule has 0 saturated carbocycles. The van der Waals surface area contributed by atoms with Crippen LogP contribution in [0.1, 0.15) is 16.2 Å². The van der Waals surface area contributed by atoms with Crippen LogP contribution in [0.15, 0.2) is 41.7 Å². The number of hydrogen-bond donors (Lipinski definition) is 1. The van der Waals surface area contributed by atoms with Crippen LogP contribution in [0.3, 0.4) is 0 Å². The molecule has 0 aliphatic heterocycles. The molecule has 7 nitrogen and oxygen atoms in total. The second kappa shape index (κ2) is 6.38. The van der Waals surface area contributed by atoms with Crippen molar-refractivity contribution in [1.82, 2.24) is 15.0 Å². The minimum Gasteiger partial charge on any atom is -0.320 e. The Morgan fingerprint density at radius 1 is 1.16 bits per heavy atom. The normalized spacial score (nSPS) is 11.5. The Balaban J connectivity index is 2.01. The van der Waals surface area contributed by atoms with E-state index in [4.69, 9.17) is 11.6 Å². The largest absolute Gasteiger partial charge is 0.320 e. The molecular formula is C16H13ClN4O3S. The van der Waals surface area contributed by atoms with Crippen LogP contribution in [0.2, 0.25) is 5.02 Å². The van der Waals surface area contributed by atoms with Gasteiger partial charge in [-0.05, 0) is 31.2 Å². The van der Waals surface area contributed by atoms with Gasteiger partial charge in [-0.3, -0.25) is 9.78 Å². The number of nitrogens with zero attached hydrogens (tertiary/aromatic N) is 3. The molecule has 0 atom stereocenters. The molecule has 25 heavy (non-hydrogen) atoms. The molecule has 0 spiro atoms. The van der Waals surface area contributed by atoms with E-state index in [1.807, 2.05) is 25.1 Å². The standard InChI is InChI=1S/C16H13ClN4O3S/c1-9-6-7-10-12(19-9)4-3-5-13(10)20-15(22)14-11(17)8-18-16(21-14)25(2,23)24/h3-8H,1-2H3,(H,20,22). The van der Waals surface area contributed by atoms with E-state index >= 15 is 0 Å². The molecule has 1 amide bonds. The molecule has 0 aliphatic carbocycles. The van der Waals surface area contributed by atoms with Gasteiger partial charge in [0.1, 0.15) is 0 Å². The van der Waals surface area contributed by atoms with E-state index in [0.29, 0.717) is 5.69 Å². The first-order chi connectivity index (χ1) is 11.8. The number of carbonyl (C=O) groups excluding carboxylic acids is 1. The van der Waals surface area contributed by atoms with Gasteiger partial charge in [0.25, 0.3) is 5.91 Å². The highest BCUT2D eigenvalue weighted by molar-refractivity contribution is 7.90. The Morgan fingerprint density at radius 2 is 1.92 bits per heavy atom. The Hall–Kier alpha value is -2.58. The van der Waals surface area contributed by atoms with Crippen LogP contribution in [0.25, 0.3) is 10.9 Å². The van der Waals surface area contributed by atoms with Gasteiger partial charge in [-0.2, -0.15) is 0 Å². The molecule has 0 saturated heterocycles. The van der Waals surface area contributed by atoms with Gasteiger partial charge in [0.2, 0.25) is 15.0 Å². The number of pyridine rings is 1. The molecule has 2 aromatic heterocycles. The van der Waals surface area contributed by atoms with Crippen LogP contribution < -0.4 is 5.32 Å². The van der Waals surface area contributed by atoms with Crippen LogP contribution in [0.4, 0.5) is 5.69 Å². The fourth-order valence-electron chi connectivity index (χ4n) is 2.24. The average Bonchev–Trinajstić information content (AvgIpc) is 2.54. The first kappa shape index (κ1) is 17.2. The highest BCUT2D eigenvalue weighted by Crippen LogP contribution is 2.24. The molecular weight excluding hydrogens is 364 g/mol. The lowest BCUT2D eigenvalue weighted by Gasteiger charge is -2.09. The Morgan fingerprint density at radius 3 is 2.64 bits per heavy atom. The van der Waals surface area contributed by atoms with Gasteiger partial charge in [0.05, 0.1) is 22.4 Å². The summed E-state index contributed by atoms with van der Waals surface area (Å²) in [5.41, 5.74) is 1.88. The van der Waals surface area contributed by atoms with E-state index < -0.39 is 20.9 Å². The Labute approximate surface area is 149 Å². The molecule has 0 unspecified atom stereocenters. The van der Waals surface area contributed by atoms with Gasteiger partial charge in [0, 0.05) is 17.3 Å². The summed E-state index contributed by atoms with van der Waals surface area (Å²) in [6.07, 6.45) is 2.05. The number of halogens is 1. The maximum absolute atomic E-state index is 12.5. The summed E-state index contributed by atoms with van der Waals surface area (Å²) in [7, 11) is -3.66. The first-order valence-electron chi connectivity index (χ1n) is 7.16. The molecule has 0 radical (unpaired) electrons. The summed E-state index contributed by atoms with van der Waals surface area (Å²) >= 11 is 5.95. The zero-order chi connectivity index (χ0) is 18.2. The van der Waals surface area contributed by atoms with Crippen molar-refractivity contribution in [3.63, 3.8) is 0 Å². The number of nitrogens with one attached hydrogen (secondary N) is 1. The van der Waals surface area contributed by atoms with Crippen molar-refractivity contribution in [2.45, 2.75) is 12.1 Å². The van der Waals surface area contributed by atoms with Crippen molar-refractivity contribution in [3.05, 3.63) is 52.9 Å². The van der Waals surface area contributed by atoms with E-state index in [0.717, 1.165) is 29.0 Å². The summed E-state index contributed by atoms with van der Waals surface area (Å²) in [6.45, 7) is 1.87. The first-order valence-corrected chi connectivity index (χ1v) is 9.43. The van der Waals surface area contributed by atoms with Crippen molar-refractivity contribution in [2.75, 3.05) is 11.6 Å². The predicted molar refractivity (Wildman–Crippen MR) is 94.6 cm³/mol. The van der Waals surface area contributed by atoms with Crippen molar-refractivity contribution in [1.29, 1.82) is 0 Å². The minimum absolute atomic E-state index is 0.0425. The fourth-order valence-corrected chi connectivity index (χ4v) is 2.91. The number of aromatic nitrogens is 3. The second-order valence-corrected chi connectivity index (χ2v) is 7.72. The molecule has 128 valence electrons. The third kappa shape index (κ3) is 3.59. The molecule has 9 heteroatoms. The van der Waals surface area contributed by atoms with Crippen molar-refractivity contribution < 1.29 is 13.2 Å². The maximum atomic E-state index is 12.5. The van der Waals surface area contributed by atoms with Gasteiger partial charge >= 0.3 is 0 Å². The summed E-state index contributed by atoms with van der Waals surface area (Å²) < 4.78 is 23.2.